The molecule has 0 bridgehead atoms. The lowest BCUT2D eigenvalue weighted by Gasteiger charge is -2.20. The van der Waals surface area contributed by atoms with Crippen LogP contribution in [0.25, 0.3) is 0 Å². The van der Waals surface area contributed by atoms with Gasteiger partial charge >= 0.3 is 0 Å². The van der Waals surface area contributed by atoms with Crippen LogP contribution in [-0.4, -0.2) is 54.8 Å². The number of aliphatic hydroxyl groups excluding tert-OH is 1. The highest BCUT2D eigenvalue weighted by atomic mass is 32.2. The molecule has 1 fully saturated rings. The third-order valence-electron chi connectivity index (χ3n) is 2.81. The zero-order chi connectivity index (χ0) is 14.8. The van der Waals surface area contributed by atoms with Gasteiger partial charge in [-0.1, -0.05) is 0 Å². The Morgan fingerprint density at radius 1 is 1.60 bits per heavy atom. The van der Waals surface area contributed by atoms with Gasteiger partial charge in [0.05, 0.1) is 25.0 Å². The summed E-state index contributed by atoms with van der Waals surface area (Å²) in [4.78, 5) is 17.9. The number of rotatable bonds is 7. The quantitative estimate of drug-likeness (QED) is 0.739. The molecular weight excluding hydrogens is 302 g/mol. The third-order valence-corrected chi connectivity index (χ3v) is 4.31. The number of carbonyl (C=O) groups excluding carboxylic acids is 1. The molecule has 1 aliphatic rings. The van der Waals surface area contributed by atoms with E-state index in [0.29, 0.717) is 12.2 Å². The summed E-state index contributed by atoms with van der Waals surface area (Å²) in [6.07, 6.45) is 3.13. The Bertz CT molecular complexity index is 580. The molecule has 0 unspecified atom stereocenters. The second-order valence-electron chi connectivity index (χ2n) is 4.74. The van der Waals surface area contributed by atoms with Crippen LogP contribution in [-0.2, 0) is 21.2 Å². The lowest BCUT2D eigenvalue weighted by atomic mass is 10.3. The fourth-order valence-corrected chi connectivity index (χ4v) is 3.42. The maximum absolute atomic E-state index is 12.1. The molecule has 1 aromatic heterocycles. The van der Waals surface area contributed by atoms with Gasteiger partial charge in [0.15, 0.2) is 5.13 Å². The number of aliphatic hydroxyl groups is 1. The summed E-state index contributed by atoms with van der Waals surface area (Å²) in [5.41, 5.74) is 0.537. The van der Waals surface area contributed by atoms with Gasteiger partial charge in [-0.3, -0.25) is 9.52 Å². The molecule has 0 radical (unpaired) electrons. The van der Waals surface area contributed by atoms with Crippen LogP contribution in [0.15, 0.2) is 5.38 Å². The number of sulfonamides is 1. The Kier molecular flexibility index (Phi) is 4.61. The maximum atomic E-state index is 12.1. The molecule has 2 N–H and O–H groups in total. The molecule has 7 nitrogen and oxygen atoms in total. The van der Waals surface area contributed by atoms with Crippen LogP contribution in [0.5, 0.6) is 0 Å². The summed E-state index contributed by atoms with van der Waals surface area (Å²) >= 11 is 1.15. The standard InChI is InChI=1S/C11H17N3O4S2/c1-20(17,18)13-11-12-8(7-19-11)6-10(16)14(4-5-15)9-2-3-9/h7,9,15H,2-6H2,1H3,(H,12,13). The van der Waals surface area contributed by atoms with Gasteiger partial charge in [-0.05, 0) is 12.8 Å². The molecule has 0 aromatic carbocycles. The second-order valence-corrected chi connectivity index (χ2v) is 7.34. The summed E-state index contributed by atoms with van der Waals surface area (Å²) < 4.78 is 24.4. The summed E-state index contributed by atoms with van der Waals surface area (Å²) in [6, 6.07) is 0.238. The maximum Gasteiger partial charge on any atom is 0.231 e. The van der Waals surface area contributed by atoms with Crippen molar-refractivity contribution in [1.29, 1.82) is 0 Å². The molecule has 1 aromatic rings. The Hall–Kier alpha value is -1.19. The Balaban J connectivity index is 1.97. The van der Waals surface area contributed by atoms with Crippen molar-refractivity contribution in [3.05, 3.63) is 11.1 Å². The van der Waals surface area contributed by atoms with Crippen LogP contribution in [0, 0.1) is 0 Å². The Labute approximate surface area is 121 Å². The van der Waals surface area contributed by atoms with Crippen molar-refractivity contribution in [1.82, 2.24) is 9.88 Å². The summed E-state index contributed by atoms with van der Waals surface area (Å²) in [6.45, 7) is 0.280. The van der Waals surface area contributed by atoms with Gasteiger partial charge in [0, 0.05) is 18.0 Å². The van der Waals surface area contributed by atoms with Crippen LogP contribution in [0.3, 0.4) is 0 Å². The summed E-state index contributed by atoms with van der Waals surface area (Å²) in [5.74, 6) is -0.0854. The van der Waals surface area contributed by atoms with Gasteiger partial charge in [0.2, 0.25) is 15.9 Å². The van der Waals surface area contributed by atoms with Crippen molar-refractivity contribution in [3.8, 4) is 0 Å². The van der Waals surface area contributed by atoms with Gasteiger partial charge in [0.25, 0.3) is 0 Å². The van der Waals surface area contributed by atoms with E-state index >= 15 is 0 Å². The van der Waals surface area contributed by atoms with Crippen molar-refractivity contribution in [2.75, 3.05) is 24.1 Å². The minimum absolute atomic E-state index is 0.0554. The van der Waals surface area contributed by atoms with E-state index in [1.54, 1.807) is 10.3 Å². The first-order chi connectivity index (χ1) is 9.39. The number of nitrogens with zero attached hydrogens (tertiary/aromatic N) is 2. The largest absolute Gasteiger partial charge is 0.395 e. The van der Waals surface area contributed by atoms with E-state index in [0.717, 1.165) is 30.4 Å². The van der Waals surface area contributed by atoms with E-state index < -0.39 is 10.0 Å². The van der Waals surface area contributed by atoms with E-state index in [9.17, 15) is 13.2 Å². The predicted octanol–water partition coefficient (Wildman–Crippen LogP) is 0.0404. The Morgan fingerprint density at radius 2 is 2.30 bits per heavy atom. The van der Waals surface area contributed by atoms with Crippen LogP contribution in [0.1, 0.15) is 18.5 Å². The molecular formula is C11H17N3O4S2. The number of carbonyl (C=O) groups is 1. The van der Waals surface area contributed by atoms with Crippen LogP contribution in [0.2, 0.25) is 0 Å². The first-order valence-corrected chi connectivity index (χ1v) is 8.98. The fraction of sp³-hybridized carbons (Fsp3) is 0.636. The van der Waals surface area contributed by atoms with E-state index in [-0.39, 0.29) is 30.1 Å². The molecule has 9 heteroatoms. The topological polar surface area (TPSA) is 99.6 Å². The minimum atomic E-state index is -3.35. The zero-order valence-corrected chi connectivity index (χ0v) is 12.7. The van der Waals surface area contributed by atoms with Crippen molar-refractivity contribution >= 4 is 32.4 Å². The molecule has 20 heavy (non-hydrogen) atoms. The fourth-order valence-electron chi connectivity index (χ4n) is 1.85. The molecule has 0 saturated heterocycles. The molecule has 2 rings (SSSR count). The first kappa shape index (κ1) is 15.2. The zero-order valence-electron chi connectivity index (χ0n) is 11.1. The average Bonchev–Trinajstić information content (AvgIpc) is 3.07. The third kappa shape index (κ3) is 4.43. The van der Waals surface area contributed by atoms with E-state index in [2.05, 4.69) is 9.71 Å². The van der Waals surface area contributed by atoms with Crippen molar-refractivity contribution < 1.29 is 18.3 Å². The van der Waals surface area contributed by atoms with Crippen LogP contribution in [0.4, 0.5) is 5.13 Å². The van der Waals surface area contributed by atoms with Gasteiger partial charge < -0.3 is 10.0 Å². The molecule has 1 heterocycles. The number of anilines is 1. The minimum Gasteiger partial charge on any atom is -0.395 e. The summed E-state index contributed by atoms with van der Waals surface area (Å²) in [5, 5.41) is 10.9. The van der Waals surface area contributed by atoms with Gasteiger partial charge in [-0.25, -0.2) is 13.4 Å². The molecule has 0 atom stereocenters. The number of hydrogen-bond acceptors (Lipinski definition) is 6. The monoisotopic (exact) mass is 319 g/mol. The molecule has 1 amide bonds. The van der Waals surface area contributed by atoms with Crippen molar-refractivity contribution in [3.63, 3.8) is 0 Å². The highest BCUT2D eigenvalue weighted by Gasteiger charge is 2.32. The van der Waals surface area contributed by atoms with E-state index in [4.69, 9.17) is 5.11 Å². The first-order valence-electron chi connectivity index (χ1n) is 6.21. The van der Waals surface area contributed by atoms with Crippen molar-refractivity contribution in [2.45, 2.75) is 25.3 Å². The number of thiazole rings is 1. The average molecular weight is 319 g/mol. The summed E-state index contributed by atoms with van der Waals surface area (Å²) in [7, 11) is -3.35. The smallest absolute Gasteiger partial charge is 0.231 e. The SMILES string of the molecule is CS(=O)(=O)Nc1nc(CC(=O)N(CCO)C2CC2)cs1. The highest BCUT2D eigenvalue weighted by Crippen LogP contribution is 2.27. The lowest BCUT2D eigenvalue weighted by Crippen LogP contribution is -2.36. The number of hydrogen-bond donors (Lipinski definition) is 2. The number of nitrogens with one attached hydrogen (secondary N) is 1. The molecule has 0 spiro atoms. The predicted molar refractivity (Wildman–Crippen MR) is 76.1 cm³/mol. The Morgan fingerprint density at radius 3 is 2.85 bits per heavy atom. The second kappa shape index (κ2) is 6.06. The molecule has 1 aliphatic carbocycles. The van der Waals surface area contributed by atoms with E-state index in [1.807, 2.05) is 0 Å². The molecule has 1 saturated carbocycles. The van der Waals surface area contributed by atoms with Gasteiger partial charge in [0.1, 0.15) is 0 Å². The van der Waals surface area contributed by atoms with Gasteiger partial charge in [-0.2, -0.15) is 0 Å². The van der Waals surface area contributed by atoms with Gasteiger partial charge in [-0.15, -0.1) is 11.3 Å². The lowest BCUT2D eigenvalue weighted by molar-refractivity contribution is -0.131. The normalized spacial score (nSPS) is 15.1. The van der Waals surface area contributed by atoms with E-state index in [1.165, 1.54) is 0 Å². The van der Waals surface area contributed by atoms with Crippen LogP contribution < -0.4 is 4.72 Å². The van der Waals surface area contributed by atoms with Crippen molar-refractivity contribution in [2.24, 2.45) is 0 Å². The number of amides is 1. The van der Waals surface area contributed by atoms with Crippen LogP contribution >= 0.6 is 11.3 Å². The molecule has 112 valence electrons. The highest BCUT2D eigenvalue weighted by molar-refractivity contribution is 7.92. The molecule has 0 aliphatic heterocycles. The number of aromatic nitrogens is 1.